The fourth-order valence-corrected chi connectivity index (χ4v) is 4.70. The molecule has 1 saturated heterocycles. The Morgan fingerprint density at radius 3 is 2.68 bits per heavy atom. The average Bonchev–Trinajstić information content (AvgIpc) is 2.82. The van der Waals surface area contributed by atoms with Crippen molar-refractivity contribution in [1.29, 1.82) is 0 Å². The molecule has 4 rings (SSSR count). The maximum absolute atomic E-state index is 12.7. The molecule has 2 heterocycles. The van der Waals surface area contributed by atoms with Crippen LogP contribution in [0.5, 0.6) is 0 Å². The van der Waals surface area contributed by atoms with Crippen LogP contribution in [-0.2, 0) is 16.1 Å². The van der Waals surface area contributed by atoms with E-state index in [1.54, 1.807) is 0 Å². The summed E-state index contributed by atoms with van der Waals surface area (Å²) < 4.78 is 7.23. The summed E-state index contributed by atoms with van der Waals surface area (Å²) in [6.45, 7) is 1.20. The molecule has 1 aromatic heterocycles. The Bertz CT molecular complexity index is 836. The van der Waals surface area contributed by atoms with Crippen LogP contribution >= 0.6 is 0 Å². The van der Waals surface area contributed by atoms with Crippen LogP contribution < -0.4 is 10.8 Å². The van der Waals surface area contributed by atoms with Gasteiger partial charge in [0.1, 0.15) is 13.4 Å². The first-order chi connectivity index (χ1) is 13.5. The van der Waals surface area contributed by atoms with Crippen LogP contribution in [0.25, 0.3) is 10.9 Å². The van der Waals surface area contributed by atoms with Crippen LogP contribution in [0.2, 0.25) is 0 Å². The van der Waals surface area contributed by atoms with Gasteiger partial charge in [-0.05, 0) is 18.4 Å². The summed E-state index contributed by atoms with van der Waals surface area (Å²) in [4.78, 5) is 12.7. The fourth-order valence-electron chi connectivity index (χ4n) is 4.70. The third-order valence-corrected chi connectivity index (χ3v) is 6.35. The highest BCUT2D eigenvalue weighted by atomic mass is 16.5. The van der Waals surface area contributed by atoms with Crippen molar-refractivity contribution >= 4 is 35.8 Å². The van der Waals surface area contributed by atoms with Gasteiger partial charge in [-0.25, -0.2) is 0 Å². The monoisotopic (exact) mass is 382 g/mol. The van der Waals surface area contributed by atoms with E-state index < -0.39 is 5.60 Å². The summed E-state index contributed by atoms with van der Waals surface area (Å²) in [5.41, 5.74) is 2.21. The van der Waals surface area contributed by atoms with Crippen LogP contribution in [0.1, 0.15) is 51.4 Å². The number of amides is 1. The second kappa shape index (κ2) is 8.30. The lowest BCUT2D eigenvalue weighted by Gasteiger charge is -2.36. The summed E-state index contributed by atoms with van der Waals surface area (Å²) >= 11 is 0. The Morgan fingerprint density at radius 2 is 2.00 bits per heavy atom. The molecule has 1 amide bonds. The molecular formula is C22H31BN2O3. The summed E-state index contributed by atoms with van der Waals surface area (Å²) in [7, 11) is 2.06. The molecule has 1 aliphatic carbocycles. The number of anilines is 1. The number of benzene rings is 1. The highest BCUT2D eigenvalue weighted by molar-refractivity contribution is 6.40. The summed E-state index contributed by atoms with van der Waals surface area (Å²) in [6.07, 6.45) is 11.4. The molecule has 0 radical (unpaired) electrons. The van der Waals surface area contributed by atoms with E-state index in [0.717, 1.165) is 28.5 Å². The van der Waals surface area contributed by atoms with Gasteiger partial charge in [-0.2, -0.15) is 0 Å². The molecule has 0 bridgehead atoms. The Hall–Kier alpha value is -1.79. The van der Waals surface area contributed by atoms with Crippen LogP contribution in [-0.4, -0.2) is 42.2 Å². The van der Waals surface area contributed by atoms with Crippen molar-refractivity contribution in [2.75, 3.05) is 18.5 Å². The smallest absolute Gasteiger partial charge is 0.224 e. The van der Waals surface area contributed by atoms with Gasteiger partial charge in [-0.15, -0.1) is 0 Å². The second-order valence-corrected chi connectivity index (χ2v) is 8.80. The lowest BCUT2D eigenvalue weighted by molar-refractivity contribution is -0.184. The van der Waals surface area contributed by atoms with Gasteiger partial charge >= 0.3 is 0 Å². The van der Waals surface area contributed by atoms with Crippen molar-refractivity contribution in [2.45, 2.75) is 63.5 Å². The number of nitrogens with zero attached hydrogens (tertiary/aromatic N) is 1. The summed E-state index contributed by atoms with van der Waals surface area (Å²) in [6, 6.07) is 6.13. The molecule has 5 nitrogen and oxygen atoms in total. The number of carbonyl (C=O) groups excluding carboxylic acids is 1. The van der Waals surface area contributed by atoms with Crippen LogP contribution in [0.4, 0.5) is 5.69 Å². The van der Waals surface area contributed by atoms with Crippen molar-refractivity contribution in [3.8, 4) is 0 Å². The maximum atomic E-state index is 12.7. The van der Waals surface area contributed by atoms with Gasteiger partial charge in [-0.1, -0.05) is 56.1 Å². The SMILES string of the molecule is Bc1cccc2c1c(NC(=O)CCC1CCCCCC1)cn2CC1(O)COC1. The van der Waals surface area contributed by atoms with E-state index >= 15 is 0 Å². The molecule has 150 valence electrons. The minimum Gasteiger partial charge on any atom is -0.383 e. The number of rotatable bonds is 6. The number of ether oxygens (including phenoxy) is 1. The minimum atomic E-state index is -0.809. The van der Waals surface area contributed by atoms with Crippen molar-refractivity contribution in [3.05, 3.63) is 24.4 Å². The Balaban J connectivity index is 1.47. The molecule has 0 unspecified atom stereocenters. The van der Waals surface area contributed by atoms with Crippen LogP contribution in [0, 0.1) is 5.92 Å². The first-order valence-corrected chi connectivity index (χ1v) is 10.7. The van der Waals surface area contributed by atoms with Gasteiger partial charge in [-0.3, -0.25) is 4.79 Å². The Morgan fingerprint density at radius 1 is 1.25 bits per heavy atom. The molecule has 28 heavy (non-hydrogen) atoms. The summed E-state index contributed by atoms with van der Waals surface area (Å²) in [5, 5.41) is 14.7. The normalized spacial score (nSPS) is 19.9. The molecule has 1 saturated carbocycles. The lowest BCUT2D eigenvalue weighted by atomic mass is 9.91. The lowest BCUT2D eigenvalue weighted by Crippen LogP contribution is -2.52. The number of hydrogen-bond acceptors (Lipinski definition) is 3. The average molecular weight is 382 g/mol. The largest absolute Gasteiger partial charge is 0.383 e. The zero-order chi connectivity index (χ0) is 19.6. The van der Waals surface area contributed by atoms with E-state index in [4.69, 9.17) is 4.74 Å². The molecule has 2 fully saturated rings. The van der Waals surface area contributed by atoms with E-state index in [-0.39, 0.29) is 5.91 Å². The zero-order valence-electron chi connectivity index (χ0n) is 16.9. The zero-order valence-corrected chi connectivity index (χ0v) is 16.9. The van der Waals surface area contributed by atoms with Gasteiger partial charge in [0.2, 0.25) is 5.91 Å². The van der Waals surface area contributed by atoms with Gasteiger partial charge < -0.3 is 19.7 Å². The van der Waals surface area contributed by atoms with Crippen molar-refractivity contribution in [1.82, 2.24) is 4.57 Å². The van der Waals surface area contributed by atoms with Gasteiger partial charge in [0.05, 0.1) is 25.4 Å². The molecule has 6 heteroatoms. The maximum Gasteiger partial charge on any atom is 0.224 e. The van der Waals surface area contributed by atoms with E-state index in [9.17, 15) is 9.90 Å². The predicted molar refractivity (Wildman–Crippen MR) is 115 cm³/mol. The topological polar surface area (TPSA) is 63.5 Å². The van der Waals surface area contributed by atoms with Crippen LogP contribution in [0.15, 0.2) is 24.4 Å². The van der Waals surface area contributed by atoms with E-state index in [1.165, 1.54) is 38.5 Å². The Labute approximate surface area is 167 Å². The van der Waals surface area contributed by atoms with Gasteiger partial charge in [0, 0.05) is 23.5 Å². The standard InChI is InChI=1S/C22H31BN2O3/c23-17-8-5-9-19-21(17)18(12-25(19)13-22(27)14-28-15-22)24-20(26)11-10-16-6-3-1-2-4-7-16/h5,8-9,12,16,27H,1-4,6-7,10-11,13-15,23H2,(H,24,26). The van der Waals surface area contributed by atoms with Crippen molar-refractivity contribution < 1.29 is 14.6 Å². The fraction of sp³-hybridized carbons (Fsp3) is 0.591. The van der Waals surface area contributed by atoms with E-state index in [0.29, 0.717) is 32.1 Å². The first kappa shape index (κ1) is 19.5. The third kappa shape index (κ3) is 4.28. The number of fused-ring (bicyclic) bond motifs is 1. The third-order valence-electron chi connectivity index (χ3n) is 6.35. The van der Waals surface area contributed by atoms with Gasteiger partial charge in [0.25, 0.3) is 0 Å². The number of hydrogen-bond donors (Lipinski definition) is 2. The second-order valence-electron chi connectivity index (χ2n) is 8.80. The van der Waals surface area contributed by atoms with Crippen LogP contribution in [0.3, 0.4) is 0 Å². The highest BCUT2D eigenvalue weighted by Crippen LogP contribution is 2.29. The van der Waals surface area contributed by atoms with E-state index in [2.05, 4.69) is 19.2 Å². The molecule has 2 aliphatic rings. The number of nitrogens with one attached hydrogen (secondary N) is 1. The molecule has 0 atom stereocenters. The summed E-state index contributed by atoms with van der Waals surface area (Å²) in [5.74, 6) is 0.793. The predicted octanol–water partition coefficient (Wildman–Crippen LogP) is 2.35. The first-order valence-electron chi connectivity index (χ1n) is 10.7. The molecule has 1 aliphatic heterocycles. The molecule has 2 aromatic rings. The quantitative estimate of drug-likeness (QED) is 0.596. The number of aromatic nitrogens is 1. The minimum absolute atomic E-state index is 0.0947. The molecule has 0 spiro atoms. The highest BCUT2D eigenvalue weighted by Gasteiger charge is 2.37. The number of carbonyl (C=O) groups is 1. The Kier molecular flexibility index (Phi) is 5.79. The molecular weight excluding hydrogens is 351 g/mol. The van der Waals surface area contributed by atoms with Crippen molar-refractivity contribution in [2.24, 2.45) is 5.92 Å². The van der Waals surface area contributed by atoms with Gasteiger partial charge in [0.15, 0.2) is 0 Å². The molecule has 2 N–H and O–H groups in total. The van der Waals surface area contributed by atoms with E-state index in [1.807, 2.05) is 22.9 Å². The molecule has 1 aromatic carbocycles. The number of aliphatic hydroxyl groups is 1. The van der Waals surface area contributed by atoms with Crippen molar-refractivity contribution in [3.63, 3.8) is 0 Å².